The summed E-state index contributed by atoms with van der Waals surface area (Å²) in [5.41, 5.74) is 1.82. The first kappa shape index (κ1) is 18.2. The third kappa shape index (κ3) is 4.51. The van der Waals surface area contributed by atoms with Crippen LogP contribution in [0.5, 0.6) is 0 Å². The number of hydrogen-bond acceptors (Lipinski definition) is 3. The number of likely N-dealkylation sites (tertiary alicyclic amines) is 2. The van der Waals surface area contributed by atoms with Crippen LogP contribution >= 0.6 is 0 Å². The van der Waals surface area contributed by atoms with E-state index in [2.05, 4.69) is 11.0 Å². The quantitative estimate of drug-likeness (QED) is 0.833. The van der Waals surface area contributed by atoms with Crippen LogP contribution in [0.1, 0.15) is 37.3 Å². The third-order valence-electron chi connectivity index (χ3n) is 5.58. The van der Waals surface area contributed by atoms with Crippen molar-refractivity contribution in [2.45, 2.75) is 45.6 Å². The highest BCUT2D eigenvalue weighted by atomic mass is 19.1. The van der Waals surface area contributed by atoms with E-state index in [1.807, 2.05) is 17.9 Å². The lowest BCUT2D eigenvalue weighted by Gasteiger charge is -2.36. The molecule has 1 aromatic carbocycles. The molecule has 1 unspecified atom stereocenters. The Morgan fingerprint density at radius 3 is 2.68 bits per heavy atom. The van der Waals surface area contributed by atoms with Gasteiger partial charge in [0.15, 0.2) is 0 Å². The van der Waals surface area contributed by atoms with E-state index in [0.717, 1.165) is 51.0 Å². The molecule has 2 heterocycles. The van der Waals surface area contributed by atoms with Gasteiger partial charge < -0.3 is 9.64 Å². The largest absolute Gasteiger partial charge is 0.450 e. The van der Waals surface area contributed by atoms with Crippen LogP contribution < -0.4 is 0 Å². The van der Waals surface area contributed by atoms with Crippen molar-refractivity contribution in [3.63, 3.8) is 0 Å². The molecular weight excluding hydrogens is 319 g/mol. The Morgan fingerprint density at radius 1 is 1.24 bits per heavy atom. The average molecular weight is 348 g/mol. The van der Waals surface area contributed by atoms with Crippen LogP contribution in [0.2, 0.25) is 0 Å². The van der Waals surface area contributed by atoms with Crippen LogP contribution in [-0.4, -0.2) is 54.7 Å². The molecule has 0 spiro atoms. The minimum Gasteiger partial charge on any atom is -0.450 e. The maximum Gasteiger partial charge on any atom is 0.409 e. The van der Waals surface area contributed by atoms with Crippen LogP contribution in [-0.2, 0) is 11.2 Å². The van der Waals surface area contributed by atoms with Gasteiger partial charge in [0.05, 0.1) is 6.61 Å². The summed E-state index contributed by atoms with van der Waals surface area (Å²) in [4.78, 5) is 16.2. The zero-order valence-corrected chi connectivity index (χ0v) is 15.3. The minimum atomic E-state index is -0.179. The molecule has 0 radical (unpaired) electrons. The second-order valence-electron chi connectivity index (χ2n) is 7.35. The number of carbonyl (C=O) groups is 1. The highest BCUT2D eigenvalue weighted by Gasteiger charge is 2.32. The van der Waals surface area contributed by atoms with Crippen molar-refractivity contribution in [3.8, 4) is 0 Å². The van der Waals surface area contributed by atoms with Crippen molar-refractivity contribution in [3.05, 3.63) is 35.1 Å². The van der Waals surface area contributed by atoms with E-state index in [9.17, 15) is 9.18 Å². The maximum atomic E-state index is 13.7. The molecule has 2 saturated heterocycles. The minimum absolute atomic E-state index is 0.0984. The Bertz CT molecular complexity index is 599. The average Bonchev–Trinajstić information content (AvgIpc) is 3.07. The van der Waals surface area contributed by atoms with Gasteiger partial charge in [0.25, 0.3) is 0 Å². The highest BCUT2D eigenvalue weighted by Crippen LogP contribution is 2.27. The summed E-state index contributed by atoms with van der Waals surface area (Å²) < 4.78 is 18.8. The molecule has 0 aliphatic carbocycles. The molecule has 138 valence electrons. The number of ether oxygens (including phenoxy) is 1. The number of aryl methyl sites for hydroxylation is 1. The van der Waals surface area contributed by atoms with Gasteiger partial charge in [-0.1, -0.05) is 12.1 Å². The van der Waals surface area contributed by atoms with E-state index >= 15 is 0 Å². The lowest BCUT2D eigenvalue weighted by Crippen LogP contribution is -2.46. The van der Waals surface area contributed by atoms with E-state index in [1.54, 1.807) is 13.0 Å². The Hall–Kier alpha value is -1.62. The van der Waals surface area contributed by atoms with Gasteiger partial charge in [-0.25, -0.2) is 9.18 Å². The van der Waals surface area contributed by atoms with Gasteiger partial charge in [-0.2, -0.15) is 0 Å². The van der Waals surface area contributed by atoms with Crippen molar-refractivity contribution in [2.24, 2.45) is 5.92 Å². The smallest absolute Gasteiger partial charge is 0.409 e. The lowest BCUT2D eigenvalue weighted by atomic mass is 9.97. The number of nitrogens with zero attached hydrogens (tertiary/aromatic N) is 2. The molecule has 3 rings (SSSR count). The first-order valence-electron chi connectivity index (χ1n) is 9.47. The van der Waals surface area contributed by atoms with Crippen LogP contribution in [0.25, 0.3) is 0 Å². The molecule has 4 nitrogen and oxygen atoms in total. The van der Waals surface area contributed by atoms with Gasteiger partial charge >= 0.3 is 6.09 Å². The number of piperidine rings is 1. The van der Waals surface area contributed by atoms with Crippen molar-refractivity contribution in [1.82, 2.24) is 9.80 Å². The predicted molar refractivity (Wildman–Crippen MR) is 96.1 cm³/mol. The number of amides is 1. The number of carbonyl (C=O) groups excluding carboxylic acids is 1. The number of halogens is 1. The van der Waals surface area contributed by atoms with Gasteiger partial charge in [0.1, 0.15) is 5.82 Å². The fraction of sp³-hybridized carbons (Fsp3) is 0.650. The van der Waals surface area contributed by atoms with Crippen molar-refractivity contribution in [1.29, 1.82) is 0 Å². The second-order valence-corrected chi connectivity index (χ2v) is 7.35. The fourth-order valence-corrected chi connectivity index (χ4v) is 4.09. The topological polar surface area (TPSA) is 32.8 Å². The summed E-state index contributed by atoms with van der Waals surface area (Å²) in [6, 6.07) is 6.18. The van der Waals surface area contributed by atoms with Gasteiger partial charge in [-0.15, -0.1) is 0 Å². The van der Waals surface area contributed by atoms with Gasteiger partial charge in [0, 0.05) is 25.7 Å². The lowest BCUT2D eigenvalue weighted by molar-refractivity contribution is 0.0797. The zero-order valence-electron chi connectivity index (χ0n) is 15.3. The highest BCUT2D eigenvalue weighted by molar-refractivity contribution is 5.67. The normalized spacial score (nSPS) is 22.4. The molecule has 1 aromatic rings. The maximum absolute atomic E-state index is 13.7. The van der Waals surface area contributed by atoms with E-state index in [-0.39, 0.29) is 11.9 Å². The fourth-order valence-electron chi connectivity index (χ4n) is 4.09. The van der Waals surface area contributed by atoms with Gasteiger partial charge in [-0.05, 0) is 69.2 Å². The van der Waals surface area contributed by atoms with Gasteiger partial charge in [0.2, 0.25) is 0 Å². The standard InChI is InChI=1S/C20H29FN2O2/c1-3-25-20(24)22-10-7-18(8-11-22)23-9-6-17(14-23)12-16-5-4-15(2)19(21)13-16/h4-5,13,17-18H,3,6-12,14H2,1-2H3. The van der Waals surface area contributed by atoms with Crippen molar-refractivity contribution < 1.29 is 13.9 Å². The molecule has 0 N–H and O–H groups in total. The Balaban J connectivity index is 1.47. The monoisotopic (exact) mass is 348 g/mol. The summed E-state index contributed by atoms with van der Waals surface area (Å²) >= 11 is 0. The Labute approximate surface area is 149 Å². The molecule has 1 amide bonds. The number of benzene rings is 1. The predicted octanol–water partition coefficient (Wildman–Crippen LogP) is 3.62. The van der Waals surface area contributed by atoms with Crippen LogP contribution in [0.3, 0.4) is 0 Å². The van der Waals surface area contributed by atoms with Gasteiger partial charge in [-0.3, -0.25) is 4.90 Å². The van der Waals surface area contributed by atoms with Crippen molar-refractivity contribution in [2.75, 3.05) is 32.8 Å². The molecule has 2 fully saturated rings. The van der Waals surface area contributed by atoms with Crippen LogP contribution in [0, 0.1) is 18.7 Å². The molecule has 0 saturated carbocycles. The molecule has 25 heavy (non-hydrogen) atoms. The third-order valence-corrected chi connectivity index (χ3v) is 5.58. The first-order chi connectivity index (χ1) is 12.1. The molecule has 2 aliphatic heterocycles. The number of hydrogen-bond donors (Lipinski definition) is 0. The molecule has 5 heteroatoms. The van der Waals surface area contributed by atoms with E-state index in [4.69, 9.17) is 4.74 Å². The Kier molecular flexibility index (Phi) is 5.94. The molecule has 2 aliphatic rings. The summed E-state index contributed by atoms with van der Waals surface area (Å²) in [5.74, 6) is 0.504. The van der Waals surface area contributed by atoms with E-state index < -0.39 is 0 Å². The SMILES string of the molecule is CCOC(=O)N1CCC(N2CCC(Cc3ccc(C)c(F)c3)C2)CC1. The van der Waals surface area contributed by atoms with Crippen LogP contribution in [0.15, 0.2) is 18.2 Å². The summed E-state index contributed by atoms with van der Waals surface area (Å²) in [5, 5.41) is 0. The second kappa shape index (κ2) is 8.17. The van der Waals surface area contributed by atoms with Crippen molar-refractivity contribution >= 4 is 6.09 Å². The molecule has 0 aromatic heterocycles. The zero-order chi connectivity index (χ0) is 17.8. The Morgan fingerprint density at radius 2 is 2.00 bits per heavy atom. The molecular formula is C20H29FN2O2. The summed E-state index contributed by atoms with van der Waals surface area (Å²) in [6.07, 6.45) is 3.99. The van der Waals surface area contributed by atoms with E-state index in [1.165, 1.54) is 6.42 Å². The molecule has 1 atom stereocenters. The number of rotatable bonds is 4. The first-order valence-corrected chi connectivity index (χ1v) is 9.47. The summed E-state index contributed by atoms with van der Waals surface area (Å²) in [6.45, 7) is 7.85. The van der Waals surface area contributed by atoms with E-state index in [0.29, 0.717) is 24.1 Å². The summed E-state index contributed by atoms with van der Waals surface area (Å²) in [7, 11) is 0. The van der Waals surface area contributed by atoms with Crippen LogP contribution in [0.4, 0.5) is 9.18 Å². The molecule has 0 bridgehead atoms.